The van der Waals surface area contributed by atoms with Crippen molar-refractivity contribution in [1.82, 2.24) is 9.55 Å². The summed E-state index contributed by atoms with van der Waals surface area (Å²) in [5.74, 6) is -0.264. The minimum absolute atomic E-state index is 0.254. The molecule has 0 N–H and O–H groups in total. The number of nitrogens with zero attached hydrogens (tertiary/aromatic N) is 3. The van der Waals surface area contributed by atoms with Crippen LogP contribution in [0.25, 0.3) is 0 Å². The zero-order chi connectivity index (χ0) is 9.84. The first-order valence-corrected chi connectivity index (χ1v) is 4.37. The Hall–Kier alpha value is -0.980. The Morgan fingerprint density at radius 2 is 2.46 bits per heavy atom. The van der Waals surface area contributed by atoms with Crippen molar-refractivity contribution in [3.63, 3.8) is 0 Å². The minimum Gasteiger partial charge on any atom is -0.390 e. The summed E-state index contributed by atoms with van der Waals surface area (Å²) in [6, 6.07) is 0. The second-order valence-electron chi connectivity index (χ2n) is 2.36. The molecule has 7 heteroatoms. The zero-order valence-electron chi connectivity index (χ0n) is 6.61. The normalized spacial score (nSPS) is 10.3. The van der Waals surface area contributed by atoms with Crippen LogP contribution in [0.1, 0.15) is 6.42 Å². The monoisotopic (exact) mass is 251 g/mol. The third kappa shape index (κ3) is 2.48. The molecule has 0 aliphatic carbocycles. The summed E-state index contributed by atoms with van der Waals surface area (Å²) < 4.78 is 13.5. The molecule has 0 fully saturated rings. The van der Waals surface area contributed by atoms with E-state index in [1.54, 1.807) is 0 Å². The van der Waals surface area contributed by atoms with Crippen molar-refractivity contribution < 1.29 is 9.31 Å². The van der Waals surface area contributed by atoms with Crippen LogP contribution in [0.15, 0.2) is 10.8 Å². The van der Waals surface area contributed by atoms with E-state index in [-0.39, 0.29) is 18.9 Å². The van der Waals surface area contributed by atoms with E-state index in [0.29, 0.717) is 4.60 Å². The number of hydrogen-bond acceptors (Lipinski definition) is 3. The summed E-state index contributed by atoms with van der Waals surface area (Å²) in [5.41, 5.74) is 0. The Bertz CT molecular complexity index is 315. The van der Waals surface area contributed by atoms with E-state index < -0.39 is 11.6 Å². The van der Waals surface area contributed by atoms with Crippen LogP contribution in [0.5, 0.6) is 0 Å². The number of aryl methyl sites for hydroxylation is 1. The maximum Gasteiger partial charge on any atom is 0.435 e. The fourth-order valence-corrected chi connectivity index (χ4v) is 1.32. The average Bonchev–Trinajstić information content (AvgIpc) is 2.43. The Labute approximate surface area is 81.9 Å². The van der Waals surface area contributed by atoms with Crippen LogP contribution < -0.4 is 0 Å². The van der Waals surface area contributed by atoms with E-state index in [2.05, 4.69) is 20.9 Å². The number of halogens is 2. The molecule has 1 rings (SSSR count). The first-order valence-electron chi connectivity index (χ1n) is 3.58. The Balaban J connectivity index is 2.84. The summed E-state index contributed by atoms with van der Waals surface area (Å²) in [6.45, 7) is -0.224. The van der Waals surface area contributed by atoms with Gasteiger partial charge in [-0.25, -0.2) is 4.57 Å². The molecule has 1 aromatic heterocycles. The molecule has 13 heavy (non-hydrogen) atoms. The quantitative estimate of drug-likeness (QED) is 0.607. The molecule has 72 valence electrons. The van der Waals surface area contributed by atoms with Crippen LogP contribution in [0.3, 0.4) is 0 Å². The van der Waals surface area contributed by atoms with Gasteiger partial charge in [0.05, 0.1) is 13.2 Å². The van der Waals surface area contributed by atoms with Gasteiger partial charge in [-0.05, 0) is 20.9 Å². The van der Waals surface area contributed by atoms with Crippen LogP contribution >= 0.6 is 15.9 Å². The lowest BCUT2D eigenvalue weighted by molar-refractivity contribution is -0.396. The lowest BCUT2D eigenvalue weighted by Gasteiger charge is -1.97. The molecule has 0 spiro atoms. The molecule has 0 aliphatic rings. The van der Waals surface area contributed by atoms with Crippen molar-refractivity contribution >= 4 is 21.9 Å². The SMILES string of the molecule is O=[N+]([O-])c1nc(Br)cn1CCCF. The van der Waals surface area contributed by atoms with Gasteiger partial charge in [0, 0.05) is 6.42 Å². The minimum atomic E-state index is -0.594. The Kier molecular flexibility index (Phi) is 3.35. The van der Waals surface area contributed by atoms with Crippen LogP contribution in [-0.4, -0.2) is 21.1 Å². The largest absolute Gasteiger partial charge is 0.435 e. The smallest absolute Gasteiger partial charge is 0.390 e. The summed E-state index contributed by atoms with van der Waals surface area (Å²) in [6.07, 6.45) is 1.72. The van der Waals surface area contributed by atoms with Crippen molar-refractivity contribution in [2.45, 2.75) is 13.0 Å². The van der Waals surface area contributed by atoms with Gasteiger partial charge in [-0.1, -0.05) is 4.98 Å². The first kappa shape index (κ1) is 10.1. The molecule has 0 atom stereocenters. The Morgan fingerprint density at radius 3 is 3.00 bits per heavy atom. The molecule has 1 heterocycles. The number of alkyl halides is 1. The maximum absolute atomic E-state index is 11.8. The number of imidazole rings is 1. The van der Waals surface area contributed by atoms with Crippen molar-refractivity contribution in [1.29, 1.82) is 0 Å². The van der Waals surface area contributed by atoms with Gasteiger partial charge < -0.3 is 10.1 Å². The fraction of sp³-hybridized carbons (Fsp3) is 0.500. The van der Waals surface area contributed by atoms with Gasteiger partial charge in [0.1, 0.15) is 6.20 Å². The van der Waals surface area contributed by atoms with E-state index >= 15 is 0 Å². The number of rotatable bonds is 4. The van der Waals surface area contributed by atoms with Crippen LogP contribution in [0.4, 0.5) is 10.3 Å². The van der Waals surface area contributed by atoms with E-state index in [9.17, 15) is 14.5 Å². The topological polar surface area (TPSA) is 61.0 Å². The van der Waals surface area contributed by atoms with Crippen LogP contribution in [-0.2, 0) is 6.54 Å². The molecule has 0 amide bonds. The number of aromatic nitrogens is 2. The highest BCUT2D eigenvalue weighted by Gasteiger charge is 2.17. The molecule has 0 bridgehead atoms. The second-order valence-corrected chi connectivity index (χ2v) is 3.17. The zero-order valence-corrected chi connectivity index (χ0v) is 8.20. The first-order chi connectivity index (χ1) is 6.15. The third-order valence-electron chi connectivity index (χ3n) is 1.42. The van der Waals surface area contributed by atoms with Crippen molar-refractivity contribution in [3.05, 3.63) is 20.9 Å². The highest BCUT2D eigenvalue weighted by Crippen LogP contribution is 2.16. The van der Waals surface area contributed by atoms with Crippen molar-refractivity contribution in [2.24, 2.45) is 0 Å². The predicted molar refractivity (Wildman–Crippen MR) is 47.2 cm³/mol. The van der Waals surface area contributed by atoms with E-state index in [1.165, 1.54) is 10.8 Å². The molecule has 0 saturated heterocycles. The number of nitro groups is 1. The van der Waals surface area contributed by atoms with E-state index in [4.69, 9.17) is 0 Å². The molecule has 0 radical (unpaired) electrons. The van der Waals surface area contributed by atoms with Crippen molar-refractivity contribution in [2.75, 3.05) is 6.67 Å². The van der Waals surface area contributed by atoms with Gasteiger partial charge in [0.2, 0.25) is 4.60 Å². The van der Waals surface area contributed by atoms with E-state index in [1.807, 2.05) is 0 Å². The molecule has 0 aromatic carbocycles. The molecule has 1 aromatic rings. The van der Waals surface area contributed by atoms with Gasteiger partial charge >= 0.3 is 5.95 Å². The van der Waals surface area contributed by atoms with Crippen molar-refractivity contribution in [3.8, 4) is 0 Å². The highest BCUT2D eigenvalue weighted by molar-refractivity contribution is 9.10. The van der Waals surface area contributed by atoms with Gasteiger partial charge in [-0.3, -0.25) is 4.39 Å². The van der Waals surface area contributed by atoms with Crippen LogP contribution in [0.2, 0.25) is 0 Å². The molecular weight excluding hydrogens is 245 g/mol. The van der Waals surface area contributed by atoms with Gasteiger partial charge in [0.15, 0.2) is 0 Å². The maximum atomic E-state index is 11.8. The molecule has 0 saturated carbocycles. The average molecular weight is 252 g/mol. The van der Waals surface area contributed by atoms with Crippen LogP contribution in [0, 0.1) is 10.1 Å². The molecule has 0 aliphatic heterocycles. The van der Waals surface area contributed by atoms with Gasteiger partial charge in [0.25, 0.3) is 0 Å². The number of hydrogen-bond donors (Lipinski definition) is 0. The molecular formula is C6H7BrFN3O2. The third-order valence-corrected chi connectivity index (χ3v) is 1.80. The second kappa shape index (κ2) is 4.31. The van der Waals surface area contributed by atoms with Gasteiger partial charge in [-0.15, -0.1) is 0 Å². The standard InChI is InChI=1S/C6H7BrFN3O2/c7-5-4-10(3-1-2-8)6(9-5)11(12)13/h4H,1-3H2. The molecule has 0 unspecified atom stereocenters. The summed E-state index contributed by atoms with van der Waals surface area (Å²) in [4.78, 5) is 13.4. The predicted octanol–water partition coefficient (Wildman–Crippen LogP) is 1.91. The Morgan fingerprint density at radius 1 is 1.77 bits per heavy atom. The summed E-state index contributed by atoms with van der Waals surface area (Å²) in [7, 11) is 0. The van der Waals surface area contributed by atoms with E-state index in [0.717, 1.165) is 0 Å². The summed E-state index contributed by atoms with van der Waals surface area (Å²) in [5, 5.41) is 10.4. The fourth-order valence-electron chi connectivity index (χ4n) is 0.915. The molecule has 5 nitrogen and oxygen atoms in total. The lowest BCUT2D eigenvalue weighted by atomic mass is 10.4. The lowest BCUT2D eigenvalue weighted by Crippen LogP contribution is -2.03. The summed E-state index contributed by atoms with van der Waals surface area (Å²) >= 11 is 3.01. The highest BCUT2D eigenvalue weighted by atomic mass is 79.9. The van der Waals surface area contributed by atoms with Gasteiger partial charge in [-0.2, -0.15) is 0 Å².